The fourth-order valence-corrected chi connectivity index (χ4v) is 1.95. The lowest BCUT2D eigenvalue weighted by Gasteiger charge is -2.39. The van der Waals surface area contributed by atoms with Gasteiger partial charge in [0.25, 0.3) is 0 Å². The fourth-order valence-electron chi connectivity index (χ4n) is 1.95. The molecular weight excluding hydrogens is 200 g/mol. The predicted molar refractivity (Wildman–Crippen MR) is 68.8 cm³/mol. The van der Waals surface area contributed by atoms with Gasteiger partial charge in [0, 0.05) is 26.2 Å². The van der Waals surface area contributed by atoms with Crippen molar-refractivity contribution in [3.63, 3.8) is 0 Å². The Balaban J connectivity index is 2.13. The van der Waals surface area contributed by atoms with Crippen LogP contribution in [0.25, 0.3) is 0 Å². The van der Waals surface area contributed by atoms with E-state index >= 15 is 0 Å². The van der Waals surface area contributed by atoms with E-state index in [1.807, 2.05) is 0 Å². The molecule has 3 nitrogen and oxygen atoms in total. The van der Waals surface area contributed by atoms with Crippen molar-refractivity contribution >= 4 is 0 Å². The SMILES string of the molecule is CCC(C)CN(CC)CCOC1(C)CNC1. The van der Waals surface area contributed by atoms with Crippen molar-refractivity contribution in [2.24, 2.45) is 5.92 Å². The first-order chi connectivity index (χ1) is 7.59. The second-order valence-electron chi connectivity index (χ2n) is 5.31. The van der Waals surface area contributed by atoms with E-state index in [-0.39, 0.29) is 5.60 Å². The third-order valence-corrected chi connectivity index (χ3v) is 3.57. The minimum Gasteiger partial charge on any atom is -0.371 e. The number of likely N-dealkylation sites (N-methyl/N-ethyl adjacent to an activating group) is 1. The third kappa shape index (κ3) is 4.40. The Kier molecular flexibility index (Phi) is 5.73. The zero-order valence-corrected chi connectivity index (χ0v) is 11.4. The number of rotatable bonds is 8. The quantitative estimate of drug-likeness (QED) is 0.685. The van der Waals surface area contributed by atoms with Crippen molar-refractivity contribution in [2.45, 2.75) is 39.7 Å². The highest BCUT2D eigenvalue weighted by atomic mass is 16.5. The summed E-state index contributed by atoms with van der Waals surface area (Å²) in [7, 11) is 0. The molecule has 16 heavy (non-hydrogen) atoms. The molecule has 0 aromatic heterocycles. The highest BCUT2D eigenvalue weighted by Crippen LogP contribution is 2.15. The number of nitrogens with zero attached hydrogens (tertiary/aromatic N) is 1. The van der Waals surface area contributed by atoms with Gasteiger partial charge in [0.2, 0.25) is 0 Å². The van der Waals surface area contributed by atoms with E-state index in [2.05, 4.69) is 37.9 Å². The van der Waals surface area contributed by atoms with Gasteiger partial charge in [-0.2, -0.15) is 0 Å². The summed E-state index contributed by atoms with van der Waals surface area (Å²) in [6.07, 6.45) is 1.26. The van der Waals surface area contributed by atoms with Crippen LogP contribution in [0.5, 0.6) is 0 Å². The normalized spacial score (nSPS) is 20.8. The average molecular weight is 228 g/mol. The van der Waals surface area contributed by atoms with E-state index in [1.165, 1.54) is 13.0 Å². The van der Waals surface area contributed by atoms with Gasteiger partial charge in [-0.25, -0.2) is 0 Å². The van der Waals surface area contributed by atoms with Crippen LogP contribution in [0.2, 0.25) is 0 Å². The highest BCUT2D eigenvalue weighted by molar-refractivity contribution is 4.90. The Morgan fingerprint density at radius 1 is 1.38 bits per heavy atom. The summed E-state index contributed by atoms with van der Waals surface area (Å²) in [5.41, 5.74) is 0.107. The van der Waals surface area contributed by atoms with Crippen molar-refractivity contribution in [2.75, 3.05) is 39.3 Å². The predicted octanol–water partition coefficient (Wildman–Crippen LogP) is 1.73. The van der Waals surface area contributed by atoms with Gasteiger partial charge in [-0.1, -0.05) is 27.2 Å². The zero-order valence-electron chi connectivity index (χ0n) is 11.4. The van der Waals surface area contributed by atoms with Gasteiger partial charge >= 0.3 is 0 Å². The van der Waals surface area contributed by atoms with E-state index in [9.17, 15) is 0 Å². The van der Waals surface area contributed by atoms with Gasteiger partial charge in [0.1, 0.15) is 0 Å². The summed E-state index contributed by atoms with van der Waals surface area (Å²) in [5.74, 6) is 0.793. The third-order valence-electron chi connectivity index (χ3n) is 3.57. The van der Waals surface area contributed by atoms with Crippen LogP contribution in [0.4, 0.5) is 0 Å². The van der Waals surface area contributed by atoms with Crippen LogP contribution in [0.15, 0.2) is 0 Å². The first kappa shape index (κ1) is 13.9. The molecule has 0 saturated carbocycles. The van der Waals surface area contributed by atoms with Crippen molar-refractivity contribution < 1.29 is 4.74 Å². The molecule has 0 aliphatic carbocycles. The van der Waals surface area contributed by atoms with Gasteiger partial charge in [0.05, 0.1) is 12.2 Å². The molecule has 1 heterocycles. The molecule has 1 N–H and O–H groups in total. The molecule has 0 spiro atoms. The maximum absolute atomic E-state index is 5.91. The number of ether oxygens (including phenoxy) is 1. The lowest BCUT2D eigenvalue weighted by molar-refractivity contribution is -0.0724. The Bertz CT molecular complexity index is 192. The Hall–Kier alpha value is -0.120. The number of nitrogens with one attached hydrogen (secondary N) is 1. The van der Waals surface area contributed by atoms with Gasteiger partial charge in [-0.05, 0) is 19.4 Å². The standard InChI is InChI=1S/C13H28N2O/c1-5-12(3)9-15(6-2)7-8-16-13(4)10-14-11-13/h12,14H,5-11H2,1-4H3. The molecule has 0 radical (unpaired) electrons. The van der Waals surface area contributed by atoms with E-state index in [0.29, 0.717) is 0 Å². The highest BCUT2D eigenvalue weighted by Gasteiger charge is 2.32. The molecule has 3 heteroatoms. The molecule has 1 rings (SSSR count). The lowest BCUT2D eigenvalue weighted by atomic mass is 10.0. The van der Waals surface area contributed by atoms with Crippen LogP contribution < -0.4 is 5.32 Å². The summed E-state index contributed by atoms with van der Waals surface area (Å²) >= 11 is 0. The van der Waals surface area contributed by atoms with Crippen molar-refractivity contribution in [3.8, 4) is 0 Å². The van der Waals surface area contributed by atoms with Crippen LogP contribution in [0.3, 0.4) is 0 Å². The molecule has 96 valence electrons. The molecule has 1 saturated heterocycles. The molecule has 1 unspecified atom stereocenters. The molecule has 0 bridgehead atoms. The van der Waals surface area contributed by atoms with Gasteiger partial charge in [-0.15, -0.1) is 0 Å². The summed E-state index contributed by atoms with van der Waals surface area (Å²) in [5, 5.41) is 3.26. The van der Waals surface area contributed by atoms with Crippen LogP contribution in [0.1, 0.15) is 34.1 Å². The summed E-state index contributed by atoms with van der Waals surface area (Å²) < 4.78 is 5.91. The number of hydrogen-bond acceptors (Lipinski definition) is 3. The second kappa shape index (κ2) is 6.58. The van der Waals surface area contributed by atoms with Crippen molar-refractivity contribution in [1.29, 1.82) is 0 Å². The first-order valence-electron chi connectivity index (χ1n) is 6.66. The summed E-state index contributed by atoms with van der Waals surface area (Å²) in [6, 6.07) is 0. The minimum absolute atomic E-state index is 0.107. The Morgan fingerprint density at radius 3 is 2.50 bits per heavy atom. The topological polar surface area (TPSA) is 24.5 Å². The van der Waals surface area contributed by atoms with Crippen LogP contribution in [0, 0.1) is 5.92 Å². The molecule has 1 aliphatic heterocycles. The molecule has 1 aliphatic rings. The average Bonchev–Trinajstić information content (AvgIpc) is 2.25. The van der Waals surface area contributed by atoms with Crippen LogP contribution >= 0.6 is 0 Å². The van der Waals surface area contributed by atoms with Gasteiger partial charge < -0.3 is 15.0 Å². The van der Waals surface area contributed by atoms with Crippen molar-refractivity contribution in [3.05, 3.63) is 0 Å². The maximum atomic E-state index is 5.91. The molecule has 0 aromatic carbocycles. The Morgan fingerprint density at radius 2 is 2.06 bits per heavy atom. The minimum atomic E-state index is 0.107. The monoisotopic (exact) mass is 228 g/mol. The van der Waals surface area contributed by atoms with Gasteiger partial charge in [0.15, 0.2) is 0 Å². The molecule has 0 aromatic rings. The Labute approximate surface area is 101 Å². The van der Waals surface area contributed by atoms with E-state index in [1.54, 1.807) is 0 Å². The lowest BCUT2D eigenvalue weighted by Crippen LogP contribution is -2.59. The second-order valence-corrected chi connectivity index (χ2v) is 5.31. The number of hydrogen-bond donors (Lipinski definition) is 1. The largest absolute Gasteiger partial charge is 0.371 e. The molecule has 1 fully saturated rings. The first-order valence-corrected chi connectivity index (χ1v) is 6.66. The van der Waals surface area contributed by atoms with Gasteiger partial charge in [-0.3, -0.25) is 0 Å². The molecule has 1 atom stereocenters. The summed E-state index contributed by atoms with van der Waals surface area (Å²) in [6.45, 7) is 15.3. The van der Waals surface area contributed by atoms with E-state index in [4.69, 9.17) is 4.74 Å². The zero-order chi connectivity index (χ0) is 12.0. The molecular formula is C13H28N2O. The smallest absolute Gasteiger partial charge is 0.0902 e. The van der Waals surface area contributed by atoms with E-state index in [0.717, 1.165) is 38.7 Å². The van der Waals surface area contributed by atoms with Crippen LogP contribution in [-0.4, -0.2) is 49.8 Å². The molecule has 0 amide bonds. The van der Waals surface area contributed by atoms with Crippen LogP contribution in [-0.2, 0) is 4.74 Å². The van der Waals surface area contributed by atoms with Crippen molar-refractivity contribution in [1.82, 2.24) is 10.2 Å². The summed E-state index contributed by atoms with van der Waals surface area (Å²) in [4.78, 5) is 2.49. The van der Waals surface area contributed by atoms with E-state index < -0.39 is 0 Å². The maximum Gasteiger partial charge on any atom is 0.0902 e. The fraction of sp³-hybridized carbons (Fsp3) is 1.00.